The lowest BCUT2D eigenvalue weighted by Gasteiger charge is -2.26. The Morgan fingerprint density at radius 1 is 1.21 bits per heavy atom. The van der Waals surface area contributed by atoms with Crippen molar-refractivity contribution in [3.05, 3.63) is 41.2 Å². The van der Waals surface area contributed by atoms with Crippen molar-refractivity contribution in [3.63, 3.8) is 0 Å². The Balaban J connectivity index is 2.17. The summed E-state index contributed by atoms with van der Waals surface area (Å²) in [5, 5.41) is 9.10. The summed E-state index contributed by atoms with van der Waals surface area (Å²) in [6.07, 6.45) is 4.62. The predicted molar refractivity (Wildman–Crippen MR) is 70.4 cm³/mol. The average molecular weight is 258 g/mol. The number of nitriles is 1. The first-order chi connectivity index (χ1) is 9.20. The Labute approximate surface area is 111 Å². The molecule has 0 N–H and O–H groups in total. The molecule has 0 aromatic heterocycles. The Morgan fingerprint density at radius 3 is 2.42 bits per heavy atom. The van der Waals surface area contributed by atoms with E-state index in [2.05, 4.69) is 0 Å². The molecular weight excluding hydrogens is 243 g/mol. The Hall–Kier alpha value is -2.15. The number of carbonyl (C=O) groups is 1. The van der Waals surface area contributed by atoms with Gasteiger partial charge in [0.1, 0.15) is 17.5 Å². The number of benzene rings is 1. The molecule has 1 amide bonds. The molecule has 0 spiro atoms. The van der Waals surface area contributed by atoms with Crippen LogP contribution < -0.4 is 0 Å². The number of hydrogen-bond acceptors (Lipinski definition) is 2. The summed E-state index contributed by atoms with van der Waals surface area (Å²) in [6, 6.07) is 7.67. The fourth-order valence-corrected chi connectivity index (χ4v) is 2.13. The standard InChI is InChI=1S/C15H15FN2O/c16-14-6-4-12(5-7-14)10-13(11-17)15(19)18-8-2-1-3-9-18/h4-7,10H,1-3,8-9H2/b13-10-. The van der Waals surface area contributed by atoms with Gasteiger partial charge in [-0.2, -0.15) is 5.26 Å². The largest absolute Gasteiger partial charge is 0.338 e. The van der Waals surface area contributed by atoms with E-state index in [9.17, 15) is 9.18 Å². The number of nitrogens with zero attached hydrogens (tertiary/aromatic N) is 2. The molecule has 1 fully saturated rings. The highest BCUT2D eigenvalue weighted by Gasteiger charge is 2.19. The fourth-order valence-electron chi connectivity index (χ4n) is 2.13. The maximum absolute atomic E-state index is 12.8. The van der Waals surface area contributed by atoms with Crippen LogP contribution in [0.2, 0.25) is 0 Å². The summed E-state index contributed by atoms with van der Waals surface area (Å²) < 4.78 is 12.8. The monoisotopic (exact) mass is 258 g/mol. The second kappa shape index (κ2) is 6.14. The van der Waals surface area contributed by atoms with Gasteiger partial charge in [0.15, 0.2) is 0 Å². The molecule has 1 saturated heterocycles. The lowest BCUT2D eigenvalue weighted by atomic mass is 10.1. The lowest BCUT2D eigenvalue weighted by Crippen LogP contribution is -2.36. The summed E-state index contributed by atoms with van der Waals surface area (Å²) in [5.74, 6) is -0.565. The molecule has 1 aliphatic heterocycles. The van der Waals surface area contributed by atoms with Crippen LogP contribution in [0.4, 0.5) is 4.39 Å². The van der Waals surface area contributed by atoms with Crippen LogP contribution in [0.1, 0.15) is 24.8 Å². The number of likely N-dealkylation sites (tertiary alicyclic amines) is 1. The van der Waals surface area contributed by atoms with Crippen molar-refractivity contribution in [1.82, 2.24) is 4.90 Å². The molecule has 0 bridgehead atoms. The third-order valence-electron chi connectivity index (χ3n) is 3.18. The first-order valence-corrected chi connectivity index (χ1v) is 6.37. The lowest BCUT2D eigenvalue weighted by molar-refractivity contribution is -0.127. The van der Waals surface area contributed by atoms with Crippen LogP contribution >= 0.6 is 0 Å². The fraction of sp³-hybridized carbons (Fsp3) is 0.333. The summed E-state index contributed by atoms with van der Waals surface area (Å²) in [5.41, 5.74) is 0.761. The van der Waals surface area contributed by atoms with Gasteiger partial charge in [0.2, 0.25) is 0 Å². The Morgan fingerprint density at radius 2 is 1.84 bits per heavy atom. The molecule has 98 valence electrons. The average Bonchev–Trinajstić information content (AvgIpc) is 2.47. The van der Waals surface area contributed by atoms with Gasteiger partial charge in [-0.3, -0.25) is 4.79 Å². The van der Waals surface area contributed by atoms with Crippen molar-refractivity contribution in [1.29, 1.82) is 5.26 Å². The molecule has 0 aliphatic carbocycles. The predicted octanol–water partition coefficient (Wildman–Crippen LogP) is 2.75. The Kier molecular flexibility index (Phi) is 4.30. The number of piperidine rings is 1. The number of carbonyl (C=O) groups excluding carboxylic acids is 1. The van der Waals surface area contributed by atoms with Crippen molar-refractivity contribution >= 4 is 12.0 Å². The summed E-state index contributed by atoms with van der Waals surface area (Å²) >= 11 is 0. The highest BCUT2D eigenvalue weighted by atomic mass is 19.1. The zero-order chi connectivity index (χ0) is 13.7. The zero-order valence-corrected chi connectivity index (χ0v) is 10.6. The second-order valence-corrected chi connectivity index (χ2v) is 4.57. The number of rotatable bonds is 2. The molecule has 4 heteroatoms. The molecule has 0 radical (unpaired) electrons. The molecule has 1 aromatic carbocycles. The zero-order valence-electron chi connectivity index (χ0n) is 10.6. The van der Waals surface area contributed by atoms with Crippen LogP contribution in [-0.4, -0.2) is 23.9 Å². The molecule has 1 aliphatic rings. The third-order valence-corrected chi connectivity index (χ3v) is 3.18. The first-order valence-electron chi connectivity index (χ1n) is 6.37. The van der Waals surface area contributed by atoms with E-state index < -0.39 is 0 Å². The minimum absolute atomic E-state index is 0.105. The van der Waals surface area contributed by atoms with E-state index in [-0.39, 0.29) is 17.3 Å². The van der Waals surface area contributed by atoms with E-state index in [0.717, 1.165) is 19.3 Å². The van der Waals surface area contributed by atoms with Crippen LogP contribution in [0.3, 0.4) is 0 Å². The van der Waals surface area contributed by atoms with Crippen LogP contribution in [0.25, 0.3) is 6.08 Å². The van der Waals surface area contributed by atoms with Gasteiger partial charge in [-0.15, -0.1) is 0 Å². The number of amides is 1. The van der Waals surface area contributed by atoms with Crippen molar-refractivity contribution in [2.24, 2.45) is 0 Å². The van der Waals surface area contributed by atoms with Gasteiger partial charge in [0.25, 0.3) is 5.91 Å². The van der Waals surface area contributed by atoms with E-state index >= 15 is 0 Å². The molecule has 0 atom stereocenters. The van der Waals surface area contributed by atoms with Gasteiger partial charge >= 0.3 is 0 Å². The van der Waals surface area contributed by atoms with Crippen molar-refractivity contribution in [2.45, 2.75) is 19.3 Å². The van der Waals surface area contributed by atoms with Crippen molar-refractivity contribution in [2.75, 3.05) is 13.1 Å². The van der Waals surface area contributed by atoms with Gasteiger partial charge in [-0.05, 0) is 43.0 Å². The van der Waals surface area contributed by atoms with Crippen molar-refractivity contribution < 1.29 is 9.18 Å². The third kappa shape index (κ3) is 3.41. The normalized spacial score (nSPS) is 16.0. The Bertz CT molecular complexity index is 522. The van der Waals surface area contributed by atoms with Gasteiger partial charge < -0.3 is 4.90 Å². The summed E-state index contributed by atoms with van der Waals surface area (Å²) in [4.78, 5) is 13.9. The molecule has 3 nitrogen and oxygen atoms in total. The smallest absolute Gasteiger partial charge is 0.264 e. The molecule has 2 rings (SSSR count). The maximum atomic E-state index is 12.8. The van der Waals surface area contributed by atoms with Crippen LogP contribution in [-0.2, 0) is 4.79 Å². The van der Waals surface area contributed by atoms with Crippen LogP contribution in [0.15, 0.2) is 29.8 Å². The van der Waals surface area contributed by atoms with Gasteiger partial charge in [-0.1, -0.05) is 12.1 Å². The van der Waals surface area contributed by atoms with Gasteiger partial charge in [0, 0.05) is 13.1 Å². The van der Waals surface area contributed by atoms with Gasteiger partial charge in [-0.25, -0.2) is 4.39 Å². The molecule has 1 aromatic rings. The molecule has 1 heterocycles. The second-order valence-electron chi connectivity index (χ2n) is 4.57. The number of hydrogen-bond donors (Lipinski definition) is 0. The quantitative estimate of drug-likeness (QED) is 0.604. The van der Waals surface area contributed by atoms with E-state index in [4.69, 9.17) is 5.26 Å². The van der Waals surface area contributed by atoms with E-state index in [1.807, 2.05) is 6.07 Å². The minimum Gasteiger partial charge on any atom is -0.338 e. The highest BCUT2D eigenvalue weighted by Crippen LogP contribution is 2.14. The molecule has 0 saturated carbocycles. The van der Waals surface area contributed by atoms with E-state index in [0.29, 0.717) is 18.7 Å². The topological polar surface area (TPSA) is 44.1 Å². The van der Waals surface area contributed by atoms with Crippen LogP contribution in [0.5, 0.6) is 0 Å². The summed E-state index contributed by atoms with van der Waals surface area (Å²) in [6.45, 7) is 1.42. The van der Waals surface area contributed by atoms with E-state index in [1.54, 1.807) is 17.0 Å². The molecular formula is C15H15FN2O. The van der Waals surface area contributed by atoms with Crippen molar-refractivity contribution in [3.8, 4) is 6.07 Å². The SMILES string of the molecule is N#C/C(=C/c1ccc(F)cc1)C(=O)N1CCCCC1. The molecule has 19 heavy (non-hydrogen) atoms. The maximum Gasteiger partial charge on any atom is 0.264 e. The minimum atomic E-state index is -0.335. The number of halogens is 1. The highest BCUT2D eigenvalue weighted by molar-refractivity contribution is 6.01. The van der Waals surface area contributed by atoms with Crippen LogP contribution in [0, 0.1) is 17.1 Å². The first kappa shape index (κ1) is 13.3. The molecule has 0 unspecified atom stereocenters. The van der Waals surface area contributed by atoms with E-state index in [1.165, 1.54) is 18.2 Å². The summed E-state index contributed by atoms with van der Waals surface area (Å²) in [7, 11) is 0. The van der Waals surface area contributed by atoms with Gasteiger partial charge in [0.05, 0.1) is 0 Å².